The molecule has 0 saturated carbocycles. The molecule has 0 unspecified atom stereocenters. The van der Waals surface area contributed by atoms with Crippen LogP contribution in [0.4, 0.5) is 5.69 Å². The number of amides is 2. The Bertz CT molecular complexity index is 760. The zero-order valence-corrected chi connectivity index (χ0v) is 15.5. The van der Waals surface area contributed by atoms with Gasteiger partial charge < -0.3 is 15.4 Å². The van der Waals surface area contributed by atoms with Gasteiger partial charge in [-0.25, -0.2) is 0 Å². The summed E-state index contributed by atoms with van der Waals surface area (Å²) in [5.74, 6) is 1.44. The molecule has 0 aliphatic heterocycles. The summed E-state index contributed by atoms with van der Waals surface area (Å²) in [7, 11) is 1.63. The van der Waals surface area contributed by atoms with Crippen molar-refractivity contribution in [2.75, 3.05) is 24.7 Å². The second-order valence-corrected chi connectivity index (χ2v) is 6.42. The second-order valence-electron chi connectivity index (χ2n) is 5.43. The maximum Gasteiger partial charge on any atom is 0.253 e. The van der Waals surface area contributed by atoms with Crippen molar-refractivity contribution in [3.8, 4) is 5.75 Å². The van der Waals surface area contributed by atoms with Crippen LogP contribution in [0.3, 0.4) is 0 Å². The minimum Gasteiger partial charge on any atom is -0.497 e. The van der Waals surface area contributed by atoms with Crippen molar-refractivity contribution < 1.29 is 14.3 Å². The topological polar surface area (TPSA) is 67.4 Å². The maximum atomic E-state index is 12.2. The third-order valence-electron chi connectivity index (χ3n) is 3.51. The summed E-state index contributed by atoms with van der Waals surface area (Å²) in [5, 5.41) is 5.52. The highest BCUT2D eigenvalue weighted by Gasteiger charge is 2.12. The fraction of sp³-hybridized carbons (Fsp3) is 0.200. The number of carbonyl (C=O) groups is 2. The van der Waals surface area contributed by atoms with Gasteiger partial charge >= 0.3 is 0 Å². The number of methoxy groups -OCH3 is 1. The van der Waals surface area contributed by atoms with Crippen LogP contribution >= 0.6 is 11.8 Å². The molecule has 0 spiro atoms. The molecule has 6 heteroatoms. The van der Waals surface area contributed by atoms with Gasteiger partial charge in [-0.05, 0) is 29.8 Å². The lowest BCUT2D eigenvalue weighted by molar-refractivity contribution is -0.113. The number of thioether (sulfide) groups is 1. The zero-order chi connectivity index (χ0) is 18.8. The SMILES string of the molecule is C=CCNC(=O)c1ccccc1NC(=O)CSCc1ccc(OC)cc1. The lowest BCUT2D eigenvalue weighted by Crippen LogP contribution is -2.25. The van der Waals surface area contributed by atoms with E-state index in [2.05, 4.69) is 17.2 Å². The molecular formula is C20H22N2O3S. The lowest BCUT2D eigenvalue weighted by atomic mass is 10.1. The molecule has 0 aliphatic rings. The van der Waals surface area contributed by atoms with E-state index >= 15 is 0 Å². The predicted molar refractivity (Wildman–Crippen MR) is 107 cm³/mol. The minimum atomic E-state index is -0.244. The monoisotopic (exact) mass is 370 g/mol. The smallest absolute Gasteiger partial charge is 0.253 e. The molecule has 0 fully saturated rings. The first-order valence-corrected chi connectivity index (χ1v) is 9.28. The van der Waals surface area contributed by atoms with Crippen molar-refractivity contribution in [1.29, 1.82) is 0 Å². The van der Waals surface area contributed by atoms with Gasteiger partial charge in [0.05, 0.1) is 24.1 Å². The number of nitrogens with one attached hydrogen (secondary N) is 2. The molecule has 2 aromatic rings. The fourth-order valence-electron chi connectivity index (χ4n) is 2.22. The molecule has 0 heterocycles. The average Bonchev–Trinajstić information content (AvgIpc) is 2.67. The number of benzene rings is 2. The molecular weight excluding hydrogens is 348 g/mol. The minimum absolute atomic E-state index is 0.146. The van der Waals surface area contributed by atoms with Crippen LogP contribution in [0.15, 0.2) is 61.2 Å². The Kier molecular flexibility index (Phi) is 7.76. The largest absolute Gasteiger partial charge is 0.497 e. The van der Waals surface area contributed by atoms with E-state index in [1.54, 1.807) is 37.5 Å². The van der Waals surface area contributed by atoms with Crippen molar-refractivity contribution in [1.82, 2.24) is 5.32 Å². The van der Waals surface area contributed by atoms with Crippen molar-refractivity contribution >= 4 is 29.3 Å². The van der Waals surface area contributed by atoms with Crippen LogP contribution in [0.2, 0.25) is 0 Å². The van der Waals surface area contributed by atoms with Crippen LogP contribution in [0.25, 0.3) is 0 Å². The highest BCUT2D eigenvalue weighted by atomic mass is 32.2. The second kappa shape index (κ2) is 10.3. The van der Waals surface area contributed by atoms with Gasteiger partial charge in [-0.2, -0.15) is 0 Å². The van der Waals surface area contributed by atoms with Crippen LogP contribution in [-0.2, 0) is 10.5 Å². The van der Waals surface area contributed by atoms with Crippen LogP contribution in [-0.4, -0.2) is 31.2 Å². The molecule has 0 atom stereocenters. The summed E-state index contributed by atoms with van der Waals surface area (Å²) >= 11 is 1.51. The van der Waals surface area contributed by atoms with Gasteiger partial charge in [0, 0.05) is 12.3 Å². The number of hydrogen-bond donors (Lipinski definition) is 2. The van der Waals surface area contributed by atoms with E-state index in [1.165, 1.54) is 11.8 Å². The van der Waals surface area contributed by atoms with Gasteiger partial charge in [0.1, 0.15) is 5.75 Å². The molecule has 2 amide bonds. The standard InChI is InChI=1S/C20H22N2O3S/c1-3-12-21-20(24)17-6-4-5-7-18(17)22-19(23)14-26-13-15-8-10-16(25-2)11-9-15/h3-11H,1,12-14H2,2H3,(H,21,24)(H,22,23). The van der Waals surface area contributed by atoms with E-state index in [0.717, 1.165) is 17.1 Å². The number of para-hydroxylation sites is 1. The van der Waals surface area contributed by atoms with Crippen LogP contribution in [0, 0.1) is 0 Å². The first-order chi connectivity index (χ1) is 12.6. The van der Waals surface area contributed by atoms with Gasteiger partial charge in [-0.3, -0.25) is 9.59 Å². The van der Waals surface area contributed by atoms with Gasteiger partial charge in [0.25, 0.3) is 5.91 Å². The van der Waals surface area contributed by atoms with Gasteiger partial charge in [0.15, 0.2) is 0 Å². The maximum absolute atomic E-state index is 12.2. The molecule has 2 rings (SSSR count). The first-order valence-electron chi connectivity index (χ1n) is 8.12. The molecule has 2 aromatic carbocycles. The van der Waals surface area contributed by atoms with E-state index in [4.69, 9.17) is 4.74 Å². The average molecular weight is 370 g/mol. The van der Waals surface area contributed by atoms with E-state index in [1.807, 2.05) is 24.3 Å². The normalized spacial score (nSPS) is 10.0. The van der Waals surface area contributed by atoms with Gasteiger partial charge in [-0.1, -0.05) is 30.3 Å². The quantitative estimate of drug-likeness (QED) is 0.663. The van der Waals surface area contributed by atoms with E-state index in [9.17, 15) is 9.59 Å². The van der Waals surface area contributed by atoms with Crippen molar-refractivity contribution in [2.24, 2.45) is 0 Å². The summed E-state index contributed by atoms with van der Waals surface area (Å²) < 4.78 is 5.12. The van der Waals surface area contributed by atoms with Crippen LogP contribution in [0.5, 0.6) is 5.75 Å². The summed E-state index contributed by atoms with van der Waals surface area (Å²) in [5.41, 5.74) is 2.06. The Balaban J connectivity index is 1.87. The Morgan fingerprint density at radius 1 is 1.15 bits per heavy atom. The molecule has 0 aliphatic carbocycles. The number of carbonyl (C=O) groups excluding carboxylic acids is 2. The van der Waals surface area contributed by atoms with Crippen molar-refractivity contribution in [3.63, 3.8) is 0 Å². The summed E-state index contributed by atoms with van der Waals surface area (Å²) in [6.07, 6.45) is 1.61. The van der Waals surface area contributed by atoms with Crippen LogP contribution in [0.1, 0.15) is 15.9 Å². The van der Waals surface area contributed by atoms with Crippen molar-refractivity contribution in [3.05, 3.63) is 72.3 Å². The Morgan fingerprint density at radius 2 is 1.88 bits per heavy atom. The number of anilines is 1. The Hall–Kier alpha value is -2.73. The van der Waals surface area contributed by atoms with E-state index in [-0.39, 0.29) is 11.8 Å². The molecule has 0 bridgehead atoms. The van der Waals surface area contributed by atoms with E-state index < -0.39 is 0 Å². The molecule has 0 saturated heterocycles. The van der Waals surface area contributed by atoms with Crippen LogP contribution < -0.4 is 15.4 Å². The lowest BCUT2D eigenvalue weighted by Gasteiger charge is -2.11. The summed E-state index contributed by atoms with van der Waals surface area (Å²) in [4.78, 5) is 24.3. The first kappa shape index (κ1) is 19.6. The van der Waals surface area contributed by atoms with Gasteiger partial charge in [-0.15, -0.1) is 18.3 Å². The fourth-order valence-corrected chi connectivity index (χ4v) is 3.01. The highest BCUT2D eigenvalue weighted by Crippen LogP contribution is 2.18. The Morgan fingerprint density at radius 3 is 2.58 bits per heavy atom. The number of ether oxygens (including phenoxy) is 1. The molecule has 136 valence electrons. The molecule has 5 nitrogen and oxygen atoms in total. The van der Waals surface area contributed by atoms with Crippen molar-refractivity contribution in [2.45, 2.75) is 5.75 Å². The molecule has 2 N–H and O–H groups in total. The third kappa shape index (κ3) is 5.97. The highest BCUT2D eigenvalue weighted by molar-refractivity contribution is 7.99. The third-order valence-corrected chi connectivity index (χ3v) is 4.52. The molecule has 0 aromatic heterocycles. The summed E-state index contributed by atoms with van der Waals surface area (Å²) in [6.45, 7) is 3.95. The van der Waals surface area contributed by atoms with Gasteiger partial charge in [0.2, 0.25) is 5.91 Å². The molecule has 0 radical (unpaired) electrons. The molecule has 26 heavy (non-hydrogen) atoms. The zero-order valence-electron chi connectivity index (χ0n) is 14.7. The number of hydrogen-bond acceptors (Lipinski definition) is 4. The predicted octanol–water partition coefficient (Wildman–Crippen LogP) is 3.48. The Labute approximate surface area is 157 Å². The van der Waals surface area contributed by atoms with E-state index in [0.29, 0.717) is 23.5 Å². The number of rotatable bonds is 9. The summed E-state index contributed by atoms with van der Waals surface area (Å²) in [6, 6.07) is 14.7.